The van der Waals surface area contributed by atoms with Gasteiger partial charge in [-0.25, -0.2) is 9.79 Å². The van der Waals surface area contributed by atoms with Gasteiger partial charge in [-0.15, -0.1) is 0 Å². The molecule has 0 N–H and O–H groups in total. The van der Waals surface area contributed by atoms with Gasteiger partial charge in [0, 0.05) is 10.0 Å². The molecule has 0 fully saturated rings. The summed E-state index contributed by atoms with van der Waals surface area (Å²) in [7, 11) is 1.55. The smallest absolute Gasteiger partial charge is 0.338 e. The Balaban J connectivity index is 1.95. The van der Waals surface area contributed by atoms with Gasteiger partial charge in [0.15, 0.2) is 4.80 Å². The standard InChI is InChI=1S/C27H26BrClN2O5S/c1-6-35-21-9-7-16(11-19(21)29)12-22-25(32)31-24(18-13-17(28)8-10-20(18)34-5)23(26(33)36-14(2)3)15(4)30-27(31)37-22/h7-14,24H,6H2,1-5H3/b22-12-/t24-/m0/s1. The summed E-state index contributed by atoms with van der Waals surface area (Å²) in [6.07, 6.45) is 1.42. The summed E-state index contributed by atoms with van der Waals surface area (Å²) in [5.74, 6) is 0.579. The number of methoxy groups -OCH3 is 1. The molecule has 1 aliphatic heterocycles. The molecule has 194 valence electrons. The summed E-state index contributed by atoms with van der Waals surface area (Å²) in [6, 6.07) is 10.0. The predicted octanol–water partition coefficient (Wildman–Crippen LogP) is 5.01. The molecule has 2 heterocycles. The second-order valence-electron chi connectivity index (χ2n) is 8.55. The molecular formula is C27H26BrClN2O5S. The van der Waals surface area contributed by atoms with Crippen LogP contribution in [0.5, 0.6) is 11.5 Å². The van der Waals surface area contributed by atoms with Crippen LogP contribution >= 0.6 is 38.9 Å². The van der Waals surface area contributed by atoms with E-state index in [1.807, 2.05) is 25.1 Å². The first-order valence-electron chi connectivity index (χ1n) is 11.6. The molecule has 1 aromatic heterocycles. The third kappa shape index (κ3) is 5.54. The van der Waals surface area contributed by atoms with E-state index in [-0.39, 0.29) is 17.2 Å². The molecule has 0 amide bonds. The van der Waals surface area contributed by atoms with Crippen LogP contribution in [-0.2, 0) is 9.53 Å². The molecule has 10 heteroatoms. The molecule has 0 spiro atoms. The first kappa shape index (κ1) is 27.2. The molecule has 2 aromatic carbocycles. The summed E-state index contributed by atoms with van der Waals surface area (Å²) in [5, 5.41) is 0.453. The average Bonchev–Trinajstić information content (AvgIpc) is 3.13. The van der Waals surface area contributed by atoms with Crippen LogP contribution in [0.25, 0.3) is 6.08 Å². The Morgan fingerprint density at radius 3 is 2.62 bits per heavy atom. The van der Waals surface area contributed by atoms with Crippen molar-refractivity contribution in [3.63, 3.8) is 0 Å². The number of allylic oxidation sites excluding steroid dienone is 1. The number of hydrogen-bond acceptors (Lipinski definition) is 7. The van der Waals surface area contributed by atoms with E-state index in [1.54, 1.807) is 52.2 Å². The highest BCUT2D eigenvalue weighted by atomic mass is 79.9. The van der Waals surface area contributed by atoms with Gasteiger partial charge in [-0.1, -0.05) is 44.9 Å². The highest BCUT2D eigenvalue weighted by molar-refractivity contribution is 9.10. The number of halogens is 2. The summed E-state index contributed by atoms with van der Waals surface area (Å²) >= 11 is 11.1. The zero-order valence-corrected chi connectivity index (χ0v) is 24.2. The van der Waals surface area contributed by atoms with Crippen molar-refractivity contribution in [1.82, 2.24) is 4.57 Å². The Kier molecular flexibility index (Phi) is 8.26. The van der Waals surface area contributed by atoms with E-state index in [4.69, 9.17) is 25.8 Å². The van der Waals surface area contributed by atoms with Crippen molar-refractivity contribution in [3.05, 3.63) is 88.0 Å². The minimum absolute atomic E-state index is 0.285. The minimum atomic E-state index is -0.791. The van der Waals surface area contributed by atoms with Gasteiger partial charge in [-0.05, 0) is 69.7 Å². The van der Waals surface area contributed by atoms with E-state index in [9.17, 15) is 9.59 Å². The third-order valence-corrected chi connectivity index (χ3v) is 7.40. The Hall–Kier alpha value is -2.88. The number of aromatic nitrogens is 1. The van der Waals surface area contributed by atoms with Gasteiger partial charge >= 0.3 is 5.97 Å². The maximum atomic E-state index is 13.8. The molecule has 0 radical (unpaired) electrons. The lowest BCUT2D eigenvalue weighted by molar-refractivity contribution is -0.143. The van der Waals surface area contributed by atoms with Gasteiger partial charge in [0.1, 0.15) is 17.5 Å². The second-order valence-corrected chi connectivity index (χ2v) is 10.9. The second kappa shape index (κ2) is 11.2. The lowest BCUT2D eigenvalue weighted by Crippen LogP contribution is -2.40. The Morgan fingerprint density at radius 2 is 1.97 bits per heavy atom. The van der Waals surface area contributed by atoms with Crippen molar-refractivity contribution < 1.29 is 19.0 Å². The van der Waals surface area contributed by atoms with Crippen LogP contribution < -0.4 is 24.4 Å². The number of rotatable bonds is 7. The van der Waals surface area contributed by atoms with Crippen LogP contribution in [0.1, 0.15) is 44.9 Å². The average molecular weight is 606 g/mol. The number of carbonyl (C=O) groups excluding carboxylic acids is 1. The number of thiazole rings is 1. The van der Waals surface area contributed by atoms with Crippen molar-refractivity contribution >= 4 is 50.9 Å². The number of ether oxygens (including phenoxy) is 3. The van der Waals surface area contributed by atoms with E-state index >= 15 is 0 Å². The van der Waals surface area contributed by atoms with Crippen molar-refractivity contribution in [2.75, 3.05) is 13.7 Å². The van der Waals surface area contributed by atoms with E-state index in [0.29, 0.717) is 43.7 Å². The van der Waals surface area contributed by atoms with Gasteiger partial charge in [-0.2, -0.15) is 0 Å². The molecule has 0 unspecified atom stereocenters. The van der Waals surface area contributed by atoms with Crippen LogP contribution in [0.15, 0.2) is 61.9 Å². The lowest BCUT2D eigenvalue weighted by Gasteiger charge is -2.26. The van der Waals surface area contributed by atoms with E-state index < -0.39 is 12.0 Å². The minimum Gasteiger partial charge on any atom is -0.496 e. The highest BCUT2D eigenvalue weighted by Gasteiger charge is 2.35. The van der Waals surface area contributed by atoms with Crippen LogP contribution in [0, 0.1) is 0 Å². The van der Waals surface area contributed by atoms with Gasteiger partial charge in [0.05, 0.1) is 40.6 Å². The number of esters is 1. The van der Waals surface area contributed by atoms with Gasteiger partial charge in [-0.3, -0.25) is 9.36 Å². The highest BCUT2D eigenvalue weighted by Crippen LogP contribution is 2.37. The Morgan fingerprint density at radius 1 is 1.24 bits per heavy atom. The number of carbonyl (C=O) groups is 1. The van der Waals surface area contributed by atoms with Crippen LogP contribution in [-0.4, -0.2) is 30.4 Å². The molecule has 37 heavy (non-hydrogen) atoms. The summed E-state index contributed by atoms with van der Waals surface area (Å²) < 4.78 is 19.5. The molecule has 3 aromatic rings. The first-order chi connectivity index (χ1) is 17.6. The SMILES string of the molecule is CCOc1ccc(/C=c2\sc3n(c2=O)[C@@H](c2cc(Br)ccc2OC)C(C(=O)OC(C)C)=C(C)N=3)cc1Cl. The van der Waals surface area contributed by atoms with Gasteiger partial charge in [0.2, 0.25) is 0 Å². The third-order valence-electron chi connectivity index (χ3n) is 5.62. The topological polar surface area (TPSA) is 79.1 Å². The largest absolute Gasteiger partial charge is 0.496 e. The molecule has 0 bridgehead atoms. The Bertz CT molecular complexity index is 1570. The summed E-state index contributed by atoms with van der Waals surface area (Å²) in [4.78, 5) is 32.2. The zero-order chi connectivity index (χ0) is 26.9. The fourth-order valence-corrected chi connectivity index (χ4v) is 5.77. The van der Waals surface area contributed by atoms with Crippen LogP contribution in [0.2, 0.25) is 5.02 Å². The summed E-state index contributed by atoms with van der Waals surface area (Å²) in [5.41, 5.74) is 1.86. The van der Waals surface area contributed by atoms with Gasteiger partial charge < -0.3 is 14.2 Å². The number of hydrogen-bond donors (Lipinski definition) is 0. The van der Waals surface area contributed by atoms with E-state index in [0.717, 1.165) is 10.0 Å². The number of fused-ring (bicyclic) bond motifs is 1. The quantitative estimate of drug-likeness (QED) is 0.354. The molecule has 0 aliphatic carbocycles. The predicted molar refractivity (Wildman–Crippen MR) is 148 cm³/mol. The monoisotopic (exact) mass is 604 g/mol. The van der Waals surface area contributed by atoms with E-state index in [1.165, 1.54) is 15.9 Å². The van der Waals surface area contributed by atoms with Crippen molar-refractivity contribution in [3.8, 4) is 11.5 Å². The first-order valence-corrected chi connectivity index (χ1v) is 13.6. The van der Waals surface area contributed by atoms with Crippen LogP contribution in [0.4, 0.5) is 0 Å². The summed E-state index contributed by atoms with van der Waals surface area (Å²) in [6.45, 7) is 7.68. The van der Waals surface area contributed by atoms with Crippen LogP contribution in [0.3, 0.4) is 0 Å². The van der Waals surface area contributed by atoms with Crippen molar-refractivity contribution in [2.24, 2.45) is 4.99 Å². The molecule has 7 nitrogen and oxygen atoms in total. The lowest BCUT2D eigenvalue weighted by atomic mass is 9.95. The van der Waals surface area contributed by atoms with Crippen molar-refractivity contribution in [2.45, 2.75) is 39.8 Å². The fraction of sp³-hybridized carbons (Fsp3) is 0.296. The number of benzene rings is 2. The van der Waals surface area contributed by atoms with E-state index in [2.05, 4.69) is 20.9 Å². The molecule has 1 aliphatic rings. The molecule has 0 saturated heterocycles. The Labute approximate surface area is 231 Å². The number of nitrogens with zero attached hydrogens (tertiary/aromatic N) is 2. The fourth-order valence-electron chi connectivity index (χ4n) is 4.10. The normalized spacial score (nSPS) is 15.5. The zero-order valence-electron chi connectivity index (χ0n) is 21.0. The molecule has 1 atom stereocenters. The maximum absolute atomic E-state index is 13.8. The maximum Gasteiger partial charge on any atom is 0.338 e. The molecule has 0 saturated carbocycles. The molecular weight excluding hydrogens is 580 g/mol. The van der Waals surface area contributed by atoms with Crippen molar-refractivity contribution in [1.29, 1.82) is 0 Å². The molecule has 4 rings (SSSR count). The van der Waals surface area contributed by atoms with Gasteiger partial charge in [0.25, 0.3) is 5.56 Å².